The van der Waals surface area contributed by atoms with Gasteiger partial charge in [0.15, 0.2) is 0 Å². The van der Waals surface area contributed by atoms with Crippen molar-refractivity contribution in [2.24, 2.45) is 7.05 Å². The molecule has 2 amide bonds. The van der Waals surface area contributed by atoms with Gasteiger partial charge >= 0.3 is 6.03 Å². The first-order valence-electron chi connectivity index (χ1n) is 9.49. The van der Waals surface area contributed by atoms with Crippen molar-refractivity contribution in [1.82, 2.24) is 24.9 Å². The summed E-state index contributed by atoms with van der Waals surface area (Å²) in [6.45, 7) is 4.09. The van der Waals surface area contributed by atoms with Gasteiger partial charge in [-0.1, -0.05) is 6.42 Å². The quantitative estimate of drug-likeness (QED) is 0.921. The lowest BCUT2D eigenvalue weighted by atomic mass is 9.85. The van der Waals surface area contributed by atoms with Crippen molar-refractivity contribution in [3.05, 3.63) is 18.0 Å². The highest BCUT2D eigenvalue weighted by molar-refractivity contribution is 5.75. The Bertz CT molecular complexity index is 576. The molecule has 2 aliphatic heterocycles. The fourth-order valence-electron chi connectivity index (χ4n) is 4.26. The van der Waals surface area contributed by atoms with Gasteiger partial charge in [-0.15, -0.1) is 0 Å². The van der Waals surface area contributed by atoms with Crippen LogP contribution in [-0.2, 0) is 7.05 Å². The number of rotatable bonds is 3. The van der Waals surface area contributed by atoms with E-state index in [4.69, 9.17) is 0 Å². The molecule has 0 spiro atoms. The van der Waals surface area contributed by atoms with Gasteiger partial charge in [0.1, 0.15) is 0 Å². The predicted molar refractivity (Wildman–Crippen MR) is 92.9 cm³/mol. The van der Waals surface area contributed by atoms with Crippen LogP contribution in [0.25, 0.3) is 0 Å². The Kier molecular flexibility index (Phi) is 4.48. The lowest BCUT2D eigenvalue weighted by Crippen LogP contribution is -2.54. The second kappa shape index (κ2) is 6.75. The molecule has 3 aliphatic rings. The fourth-order valence-corrected chi connectivity index (χ4v) is 4.26. The van der Waals surface area contributed by atoms with E-state index in [9.17, 15) is 4.79 Å². The Balaban J connectivity index is 1.50. The molecular weight excluding hydrogens is 302 g/mol. The molecule has 0 aromatic carbocycles. The second-order valence-corrected chi connectivity index (χ2v) is 7.68. The topological polar surface area (TPSA) is 53.4 Å². The molecule has 1 aromatic heterocycles. The molecule has 3 fully saturated rings. The van der Waals surface area contributed by atoms with Crippen molar-refractivity contribution in [2.45, 2.75) is 56.5 Å². The first-order valence-corrected chi connectivity index (χ1v) is 9.49. The van der Waals surface area contributed by atoms with Gasteiger partial charge in [0.25, 0.3) is 0 Å². The Morgan fingerprint density at radius 2 is 1.96 bits per heavy atom. The molecule has 1 aromatic rings. The number of urea groups is 1. The van der Waals surface area contributed by atoms with Crippen molar-refractivity contribution < 1.29 is 4.79 Å². The highest BCUT2D eigenvalue weighted by Gasteiger charge is 2.37. The molecule has 1 N–H and O–H groups in total. The van der Waals surface area contributed by atoms with Gasteiger partial charge in [-0.25, -0.2) is 4.79 Å². The molecule has 0 radical (unpaired) electrons. The van der Waals surface area contributed by atoms with Crippen LogP contribution in [0.1, 0.15) is 50.0 Å². The molecule has 132 valence electrons. The molecule has 1 saturated carbocycles. The molecule has 0 bridgehead atoms. The van der Waals surface area contributed by atoms with E-state index < -0.39 is 0 Å². The van der Waals surface area contributed by atoms with E-state index in [-0.39, 0.29) is 6.03 Å². The number of likely N-dealkylation sites (tertiary alicyclic amines) is 2. The average molecular weight is 331 g/mol. The van der Waals surface area contributed by atoms with E-state index in [1.165, 1.54) is 37.9 Å². The number of hydrogen-bond donors (Lipinski definition) is 1. The zero-order chi connectivity index (χ0) is 16.5. The normalized spacial score (nSPS) is 28.8. The maximum Gasteiger partial charge on any atom is 0.317 e. The van der Waals surface area contributed by atoms with Gasteiger partial charge in [-0.3, -0.25) is 9.58 Å². The van der Waals surface area contributed by atoms with Crippen LogP contribution >= 0.6 is 0 Å². The molecule has 1 aliphatic carbocycles. The van der Waals surface area contributed by atoms with Crippen LogP contribution in [0.4, 0.5) is 4.79 Å². The fraction of sp³-hybridized carbons (Fsp3) is 0.778. The Morgan fingerprint density at radius 1 is 1.17 bits per heavy atom. The maximum absolute atomic E-state index is 12.5. The summed E-state index contributed by atoms with van der Waals surface area (Å²) in [5.41, 5.74) is 1.27. The number of aromatic nitrogens is 2. The SMILES string of the molecule is Cn1cc(C2CN(C(=O)NC3CC3)CCC2N2CCCCC2)cn1. The number of hydrogen-bond acceptors (Lipinski definition) is 3. The predicted octanol–water partition coefficient (Wildman–Crippen LogP) is 1.94. The highest BCUT2D eigenvalue weighted by atomic mass is 16.2. The number of carbonyl (C=O) groups excluding carboxylic acids is 1. The Hall–Kier alpha value is -1.56. The minimum absolute atomic E-state index is 0.128. The van der Waals surface area contributed by atoms with Crippen molar-refractivity contribution in [3.63, 3.8) is 0 Å². The van der Waals surface area contributed by atoms with Crippen LogP contribution in [-0.4, -0.2) is 63.9 Å². The third kappa shape index (κ3) is 3.43. The summed E-state index contributed by atoms with van der Waals surface area (Å²) in [6.07, 6.45) is 11.4. The van der Waals surface area contributed by atoms with Gasteiger partial charge in [0.05, 0.1) is 6.20 Å². The van der Waals surface area contributed by atoms with Gasteiger partial charge in [0, 0.05) is 44.3 Å². The summed E-state index contributed by atoms with van der Waals surface area (Å²) < 4.78 is 1.88. The van der Waals surface area contributed by atoms with E-state index in [2.05, 4.69) is 21.5 Å². The van der Waals surface area contributed by atoms with Crippen molar-refractivity contribution in [1.29, 1.82) is 0 Å². The molecule has 2 atom stereocenters. The monoisotopic (exact) mass is 331 g/mol. The largest absolute Gasteiger partial charge is 0.335 e. The average Bonchev–Trinajstić information content (AvgIpc) is 3.32. The van der Waals surface area contributed by atoms with Crippen molar-refractivity contribution in [3.8, 4) is 0 Å². The van der Waals surface area contributed by atoms with Crippen LogP contribution in [0.2, 0.25) is 0 Å². The van der Waals surface area contributed by atoms with Gasteiger partial charge in [0.2, 0.25) is 0 Å². The van der Waals surface area contributed by atoms with Gasteiger partial charge < -0.3 is 10.2 Å². The molecule has 4 rings (SSSR count). The lowest BCUT2D eigenvalue weighted by molar-refractivity contribution is 0.0837. The minimum atomic E-state index is 0.128. The number of amides is 2. The number of aryl methyl sites for hydroxylation is 1. The smallest absolute Gasteiger partial charge is 0.317 e. The Labute approximate surface area is 144 Å². The number of piperidine rings is 2. The van der Waals surface area contributed by atoms with Crippen LogP contribution in [0.5, 0.6) is 0 Å². The lowest BCUT2D eigenvalue weighted by Gasteiger charge is -2.45. The van der Waals surface area contributed by atoms with E-state index in [0.717, 1.165) is 32.4 Å². The molecule has 2 unspecified atom stereocenters. The van der Waals surface area contributed by atoms with Crippen molar-refractivity contribution >= 4 is 6.03 Å². The van der Waals surface area contributed by atoms with Crippen LogP contribution < -0.4 is 5.32 Å². The second-order valence-electron chi connectivity index (χ2n) is 7.68. The first kappa shape index (κ1) is 15.9. The number of nitrogens with one attached hydrogen (secondary N) is 1. The molecular formula is C18H29N5O. The Morgan fingerprint density at radius 3 is 2.62 bits per heavy atom. The third-order valence-corrected chi connectivity index (χ3v) is 5.78. The number of carbonyl (C=O) groups is 1. The molecule has 6 heteroatoms. The summed E-state index contributed by atoms with van der Waals surface area (Å²) in [5, 5.41) is 7.53. The zero-order valence-corrected chi connectivity index (χ0v) is 14.7. The summed E-state index contributed by atoms with van der Waals surface area (Å²) in [6, 6.07) is 1.09. The standard InChI is InChI=1S/C18H29N5O/c1-21-12-14(11-19-21)16-13-23(18(24)20-15-5-6-15)10-7-17(16)22-8-3-2-4-9-22/h11-12,15-17H,2-10,13H2,1H3,(H,20,24). The highest BCUT2D eigenvalue weighted by Crippen LogP contribution is 2.32. The van der Waals surface area contributed by atoms with Gasteiger partial charge in [-0.2, -0.15) is 5.10 Å². The summed E-state index contributed by atoms with van der Waals surface area (Å²) >= 11 is 0. The first-order chi connectivity index (χ1) is 11.7. The molecule has 3 heterocycles. The summed E-state index contributed by atoms with van der Waals surface area (Å²) in [7, 11) is 1.97. The van der Waals surface area contributed by atoms with E-state index in [1.807, 2.05) is 22.8 Å². The number of nitrogens with zero attached hydrogens (tertiary/aromatic N) is 4. The van der Waals surface area contributed by atoms with Crippen LogP contribution in [0.3, 0.4) is 0 Å². The van der Waals surface area contributed by atoms with Crippen molar-refractivity contribution in [2.75, 3.05) is 26.2 Å². The maximum atomic E-state index is 12.5. The van der Waals surface area contributed by atoms with Crippen LogP contribution in [0, 0.1) is 0 Å². The molecule has 24 heavy (non-hydrogen) atoms. The molecule has 6 nitrogen and oxygen atoms in total. The zero-order valence-electron chi connectivity index (χ0n) is 14.7. The van der Waals surface area contributed by atoms with E-state index >= 15 is 0 Å². The van der Waals surface area contributed by atoms with E-state index in [0.29, 0.717) is 18.0 Å². The third-order valence-electron chi connectivity index (χ3n) is 5.78. The summed E-state index contributed by atoms with van der Waals surface area (Å²) in [5.74, 6) is 0.371. The minimum Gasteiger partial charge on any atom is -0.335 e. The van der Waals surface area contributed by atoms with Gasteiger partial charge in [-0.05, 0) is 50.8 Å². The molecule has 2 saturated heterocycles. The summed E-state index contributed by atoms with van der Waals surface area (Å²) in [4.78, 5) is 17.2. The van der Waals surface area contributed by atoms with E-state index in [1.54, 1.807) is 0 Å². The van der Waals surface area contributed by atoms with Crippen LogP contribution in [0.15, 0.2) is 12.4 Å².